The maximum Gasteiger partial charge on any atom is 0.251 e. The standard InChI is InChI=1S/C16H19N3O4S/c17-12-13-3-1-4-14(11-13)24(21,22)19-8-6-18(7-9-19)16(20)15-5-2-10-23-15/h1,3-4,11,15H,2,5-10H2. The molecule has 24 heavy (non-hydrogen) atoms. The Morgan fingerprint density at radius 3 is 2.62 bits per heavy atom. The second-order valence-electron chi connectivity index (χ2n) is 5.87. The first kappa shape index (κ1) is 16.9. The zero-order valence-electron chi connectivity index (χ0n) is 13.2. The molecule has 0 spiro atoms. The van der Waals surface area contributed by atoms with Gasteiger partial charge in [0.2, 0.25) is 10.0 Å². The van der Waals surface area contributed by atoms with Gasteiger partial charge < -0.3 is 9.64 Å². The Bertz CT molecular complexity index is 758. The van der Waals surface area contributed by atoms with Crippen LogP contribution in [0.1, 0.15) is 18.4 Å². The molecular weight excluding hydrogens is 330 g/mol. The van der Waals surface area contributed by atoms with Crippen LogP contribution in [0, 0.1) is 11.3 Å². The summed E-state index contributed by atoms with van der Waals surface area (Å²) >= 11 is 0. The molecule has 2 fully saturated rings. The molecule has 1 aromatic carbocycles. The average molecular weight is 349 g/mol. The van der Waals surface area contributed by atoms with Crippen molar-refractivity contribution in [2.45, 2.75) is 23.8 Å². The number of nitrogens with zero attached hydrogens (tertiary/aromatic N) is 3. The molecule has 1 atom stereocenters. The van der Waals surface area contributed by atoms with E-state index < -0.39 is 10.0 Å². The number of carbonyl (C=O) groups is 1. The molecule has 1 amide bonds. The van der Waals surface area contributed by atoms with Crippen LogP contribution in [0.3, 0.4) is 0 Å². The van der Waals surface area contributed by atoms with Crippen molar-refractivity contribution in [1.82, 2.24) is 9.21 Å². The van der Waals surface area contributed by atoms with Crippen LogP contribution < -0.4 is 0 Å². The van der Waals surface area contributed by atoms with Crippen LogP contribution in [0.2, 0.25) is 0 Å². The molecule has 0 radical (unpaired) electrons. The SMILES string of the molecule is N#Cc1cccc(S(=O)(=O)N2CCN(C(=O)C3CCCO3)CC2)c1. The second kappa shape index (κ2) is 6.89. The number of rotatable bonds is 3. The zero-order chi connectivity index (χ0) is 17.2. The first-order valence-electron chi connectivity index (χ1n) is 7.93. The molecule has 2 aliphatic heterocycles. The molecule has 0 saturated carbocycles. The summed E-state index contributed by atoms with van der Waals surface area (Å²) in [7, 11) is -3.65. The molecule has 1 aromatic rings. The summed E-state index contributed by atoms with van der Waals surface area (Å²) in [4.78, 5) is 14.1. The Hall–Kier alpha value is -1.95. The van der Waals surface area contributed by atoms with E-state index in [0.717, 1.165) is 12.8 Å². The van der Waals surface area contributed by atoms with Gasteiger partial charge >= 0.3 is 0 Å². The molecule has 7 nitrogen and oxygen atoms in total. The minimum atomic E-state index is -3.65. The number of ether oxygens (including phenoxy) is 1. The Kier molecular flexibility index (Phi) is 4.85. The topological polar surface area (TPSA) is 90.7 Å². The third-order valence-electron chi connectivity index (χ3n) is 4.36. The van der Waals surface area contributed by atoms with Gasteiger partial charge in [-0.25, -0.2) is 8.42 Å². The van der Waals surface area contributed by atoms with Crippen LogP contribution in [0.4, 0.5) is 0 Å². The largest absolute Gasteiger partial charge is 0.368 e. The monoisotopic (exact) mass is 349 g/mol. The van der Waals surface area contributed by atoms with Crippen LogP contribution in [-0.2, 0) is 19.6 Å². The zero-order valence-corrected chi connectivity index (χ0v) is 14.0. The average Bonchev–Trinajstić information content (AvgIpc) is 3.16. The van der Waals surface area contributed by atoms with E-state index in [9.17, 15) is 13.2 Å². The van der Waals surface area contributed by atoms with Crippen molar-refractivity contribution in [2.24, 2.45) is 0 Å². The maximum atomic E-state index is 12.7. The highest BCUT2D eigenvalue weighted by atomic mass is 32.2. The molecular formula is C16H19N3O4S. The normalized spacial score (nSPS) is 22.3. The minimum absolute atomic E-state index is 0.0453. The molecule has 0 bridgehead atoms. The van der Waals surface area contributed by atoms with Gasteiger partial charge in [0.1, 0.15) is 6.10 Å². The van der Waals surface area contributed by atoms with E-state index in [1.165, 1.54) is 16.4 Å². The molecule has 128 valence electrons. The lowest BCUT2D eigenvalue weighted by atomic mass is 10.2. The fourth-order valence-corrected chi connectivity index (χ4v) is 4.47. The highest BCUT2D eigenvalue weighted by molar-refractivity contribution is 7.89. The number of amides is 1. The fourth-order valence-electron chi connectivity index (χ4n) is 3.00. The van der Waals surface area contributed by atoms with Crippen molar-refractivity contribution in [3.63, 3.8) is 0 Å². The first-order valence-corrected chi connectivity index (χ1v) is 9.37. The van der Waals surface area contributed by atoms with Crippen LogP contribution in [0.15, 0.2) is 29.2 Å². The van der Waals surface area contributed by atoms with Crippen molar-refractivity contribution >= 4 is 15.9 Å². The molecule has 2 heterocycles. The first-order chi connectivity index (χ1) is 11.5. The van der Waals surface area contributed by atoms with Gasteiger partial charge in [0.25, 0.3) is 5.91 Å². The van der Waals surface area contributed by atoms with Gasteiger partial charge in [0.05, 0.1) is 16.5 Å². The van der Waals surface area contributed by atoms with Gasteiger partial charge in [0, 0.05) is 32.8 Å². The van der Waals surface area contributed by atoms with E-state index in [1.807, 2.05) is 6.07 Å². The number of piperazine rings is 1. The smallest absolute Gasteiger partial charge is 0.251 e. The molecule has 2 aliphatic rings. The highest BCUT2D eigenvalue weighted by Crippen LogP contribution is 2.20. The highest BCUT2D eigenvalue weighted by Gasteiger charge is 2.34. The molecule has 3 rings (SSSR count). The number of carbonyl (C=O) groups excluding carboxylic acids is 1. The summed E-state index contributed by atoms with van der Waals surface area (Å²) in [6.07, 6.45) is 1.25. The van der Waals surface area contributed by atoms with Crippen molar-refractivity contribution in [3.05, 3.63) is 29.8 Å². The summed E-state index contributed by atoms with van der Waals surface area (Å²) in [5, 5.41) is 8.92. The lowest BCUT2D eigenvalue weighted by Crippen LogP contribution is -2.52. The Balaban J connectivity index is 1.67. The molecule has 0 aromatic heterocycles. The number of nitriles is 1. The number of hydrogen-bond acceptors (Lipinski definition) is 5. The van der Waals surface area contributed by atoms with E-state index in [4.69, 9.17) is 10.00 Å². The molecule has 8 heteroatoms. The van der Waals surface area contributed by atoms with Gasteiger partial charge in [-0.1, -0.05) is 6.07 Å². The number of hydrogen-bond donors (Lipinski definition) is 0. The molecule has 1 unspecified atom stereocenters. The Morgan fingerprint density at radius 2 is 2.00 bits per heavy atom. The quantitative estimate of drug-likeness (QED) is 0.796. The lowest BCUT2D eigenvalue weighted by Gasteiger charge is -2.35. The summed E-state index contributed by atoms with van der Waals surface area (Å²) in [5.41, 5.74) is 0.309. The van der Waals surface area contributed by atoms with E-state index in [1.54, 1.807) is 17.0 Å². The molecule has 0 aliphatic carbocycles. The van der Waals surface area contributed by atoms with E-state index in [2.05, 4.69) is 0 Å². The van der Waals surface area contributed by atoms with E-state index in [-0.39, 0.29) is 30.0 Å². The van der Waals surface area contributed by atoms with Crippen LogP contribution in [0.5, 0.6) is 0 Å². The summed E-state index contributed by atoms with van der Waals surface area (Å²) < 4.78 is 32.1. The van der Waals surface area contributed by atoms with Gasteiger partial charge in [-0.05, 0) is 31.0 Å². The number of sulfonamides is 1. The summed E-state index contributed by atoms with van der Waals surface area (Å²) in [5.74, 6) is -0.0453. The fraction of sp³-hybridized carbons (Fsp3) is 0.500. The predicted molar refractivity (Wildman–Crippen MR) is 85.5 cm³/mol. The van der Waals surface area contributed by atoms with Crippen LogP contribution in [-0.4, -0.2) is 62.4 Å². The third kappa shape index (κ3) is 3.29. The van der Waals surface area contributed by atoms with Crippen molar-refractivity contribution in [3.8, 4) is 6.07 Å². The van der Waals surface area contributed by atoms with Crippen molar-refractivity contribution < 1.29 is 17.9 Å². The third-order valence-corrected chi connectivity index (χ3v) is 6.25. The van der Waals surface area contributed by atoms with Gasteiger partial charge in [-0.15, -0.1) is 0 Å². The maximum absolute atomic E-state index is 12.7. The van der Waals surface area contributed by atoms with E-state index in [0.29, 0.717) is 25.3 Å². The van der Waals surface area contributed by atoms with Crippen LogP contribution in [0.25, 0.3) is 0 Å². The summed E-state index contributed by atoms with van der Waals surface area (Å²) in [6, 6.07) is 7.93. The second-order valence-corrected chi connectivity index (χ2v) is 7.81. The minimum Gasteiger partial charge on any atom is -0.368 e. The summed E-state index contributed by atoms with van der Waals surface area (Å²) in [6.45, 7) is 1.82. The Labute approximate surface area is 141 Å². The predicted octanol–water partition coefficient (Wildman–Crippen LogP) is 0.570. The van der Waals surface area contributed by atoms with Gasteiger partial charge in [0.15, 0.2) is 0 Å². The van der Waals surface area contributed by atoms with Gasteiger partial charge in [-0.3, -0.25) is 4.79 Å². The lowest BCUT2D eigenvalue weighted by molar-refractivity contribution is -0.142. The van der Waals surface area contributed by atoms with E-state index >= 15 is 0 Å². The van der Waals surface area contributed by atoms with Crippen LogP contribution >= 0.6 is 0 Å². The van der Waals surface area contributed by atoms with Crippen molar-refractivity contribution in [1.29, 1.82) is 5.26 Å². The van der Waals surface area contributed by atoms with Gasteiger partial charge in [-0.2, -0.15) is 9.57 Å². The molecule has 2 saturated heterocycles. The molecule has 0 N–H and O–H groups in total. The van der Waals surface area contributed by atoms with Crippen molar-refractivity contribution in [2.75, 3.05) is 32.8 Å². The Morgan fingerprint density at radius 1 is 1.25 bits per heavy atom. The number of benzene rings is 1.